The van der Waals surface area contributed by atoms with Crippen molar-refractivity contribution in [2.45, 2.75) is 19.4 Å². The monoisotopic (exact) mass is 398 g/mol. The number of nitrogens with one attached hydrogen (secondary N) is 1. The van der Waals surface area contributed by atoms with Gasteiger partial charge in [-0.05, 0) is 24.1 Å². The van der Waals surface area contributed by atoms with Crippen molar-refractivity contribution in [1.82, 2.24) is 15.5 Å². The van der Waals surface area contributed by atoms with Crippen LogP contribution in [-0.2, 0) is 11.2 Å². The highest BCUT2D eigenvalue weighted by Gasteiger charge is 2.23. The lowest BCUT2D eigenvalue weighted by molar-refractivity contribution is 0.0393. The number of ether oxygens (including phenoxy) is 1. The highest BCUT2D eigenvalue weighted by atomic mass is 32.1. The van der Waals surface area contributed by atoms with Crippen LogP contribution >= 0.6 is 11.3 Å². The topological polar surface area (TPSA) is 80.5 Å². The van der Waals surface area contributed by atoms with Crippen LogP contribution in [0.5, 0.6) is 0 Å². The second-order valence-electron chi connectivity index (χ2n) is 6.58. The molecule has 0 spiro atoms. The molecule has 28 heavy (non-hydrogen) atoms. The number of rotatable bonds is 6. The van der Waals surface area contributed by atoms with E-state index in [4.69, 9.17) is 9.15 Å². The largest absolute Gasteiger partial charge is 0.451 e. The first-order valence-corrected chi connectivity index (χ1v) is 10.2. The number of furan rings is 1. The minimum Gasteiger partial charge on any atom is -0.451 e. The lowest BCUT2D eigenvalue weighted by atomic mass is 10.1. The normalized spacial score (nSPS) is 16.9. The fourth-order valence-electron chi connectivity index (χ4n) is 3.14. The summed E-state index contributed by atoms with van der Waals surface area (Å²) in [5.41, 5.74) is 3.94. The molecule has 0 aliphatic carbocycles. The molecule has 2 aromatic heterocycles. The van der Waals surface area contributed by atoms with E-state index in [9.17, 15) is 4.79 Å². The first-order chi connectivity index (χ1) is 13.7. The van der Waals surface area contributed by atoms with Crippen LogP contribution in [0.4, 0.5) is 5.13 Å². The van der Waals surface area contributed by atoms with E-state index >= 15 is 0 Å². The van der Waals surface area contributed by atoms with Gasteiger partial charge in [0.25, 0.3) is 5.91 Å². The van der Waals surface area contributed by atoms with E-state index in [1.807, 2.05) is 18.2 Å². The Morgan fingerprint density at radius 2 is 2.14 bits per heavy atom. The van der Waals surface area contributed by atoms with E-state index in [1.54, 1.807) is 11.6 Å². The number of anilines is 1. The first kappa shape index (κ1) is 18.6. The molecule has 0 radical (unpaired) electrons. The molecule has 3 heterocycles. The van der Waals surface area contributed by atoms with Crippen LogP contribution in [0.2, 0.25) is 0 Å². The Hall–Kier alpha value is -2.71. The number of nitrogens with zero attached hydrogens (tertiary/aromatic N) is 3. The zero-order valence-corrected chi connectivity index (χ0v) is 16.4. The van der Waals surface area contributed by atoms with E-state index in [-0.39, 0.29) is 12.0 Å². The van der Waals surface area contributed by atoms with Gasteiger partial charge in [-0.25, -0.2) is 0 Å². The van der Waals surface area contributed by atoms with Gasteiger partial charge in [0.1, 0.15) is 11.3 Å². The smallest absolute Gasteiger partial charge is 0.287 e. The lowest BCUT2D eigenvalue weighted by Gasteiger charge is -2.32. The van der Waals surface area contributed by atoms with Crippen molar-refractivity contribution in [3.63, 3.8) is 0 Å². The quantitative estimate of drug-likeness (QED) is 0.688. The van der Waals surface area contributed by atoms with Crippen LogP contribution in [0.1, 0.15) is 23.0 Å². The van der Waals surface area contributed by atoms with Gasteiger partial charge in [-0.2, -0.15) is 0 Å². The molecule has 1 fully saturated rings. The molecule has 146 valence electrons. The van der Waals surface area contributed by atoms with Gasteiger partial charge in [0.15, 0.2) is 5.76 Å². The second kappa shape index (κ2) is 8.53. The molecule has 1 aromatic carbocycles. The molecule has 8 heteroatoms. The maximum atomic E-state index is 12.4. The predicted molar refractivity (Wildman–Crippen MR) is 108 cm³/mol. The molecule has 0 saturated carbocycles. The fourth-order valence-corrected chi connectivity index (χ4v) is 3.73. The Bertz CT molecular complexity index is 908. The molecule has 1 N–H and O–H groups in total. The number of aryl methyl sites for hydroxylation is 1. The molecule has 1 atom stereocenters. The summed E-state index contributed by atoms with van der Waals surface area (Å²) in [7, 11) is 0. The van der Waals surface area contributed by atoms with Crippen LogP contribution in [0.15, 0.2) is 46.3 Å². The summed E-state index contributed by atoms with van der Waals surface area (Å²) >= 11 is 1.50. The Kier molecular flexibility index (Phi) is 5.68. The number of aromatic nitrogens is 2. The number of hydrogen-bond donors (Lipinski definition) is 1. The van der Waals surface area contributed by atoms with Crippen molar-refractivity contribution >= 4 is 22.4 Å². The van der Waals surface area contributed by atoms with E-state index < -0.39 is 0 Å². The molecule has 1 aliphatic heterocycles. The summed E-state index contributed by atoms with van der Waals surface area (Å²) in [5.74, 6) is 0.739. The van der Waals surface area contributed by atoms with Crippen molar-refractivity contribution in [3.8, 4) is 11.3 Å². The number of amides is 1. The van der Waals surface area contributed by atoms with Gasteiger partial charge in [-0.1, -0.05) is 42.5 Å². The van der Waals surface area contributed by atoms with E-state index in [0.29, 0.717) is 31.2 Å². The average Bonchev–Trinajstić information content (AvgIpc) is 3.45. The van der Waals surface area contributed by atoms with Crippen molar-refractivity contribution in [2.75, 3.05) is 31.1 Å². The number of hydrogen-bond acceptors (Lipinski definition) is 7. The molecule has 0 bridgehead atoms. The minimum absolute atomic E-state index is 0.0994. The van der Waals surface area contributed by atoms with Crippen molar-refractivity contribution < 1.29 is 13.9 Å². The Morgan fingerprint density at radius 3 is 2.89 bits per heavy atom. The maximum absolute atomic E-state index is 12.4. The Balaban J connectivity index is 1.33. The highest BCUT2D eigenvalue weighted by molar-refractivity contribution is 7.13. The van der Waals surface area contributed by atoms with Crippen LogP contribution < -0.4 is 10.2 Å². The summed E-state index contributed by atoms with van der Waals surface area (Å²) in [5, 5.41) is 11.8. The molecular formula is C20H22N4O3S. The van der Waals surface area contributed by atoms with Gasteiger partial charge in [-0.15, -0.1) is 10.2 Å². The van der Waals surface area contributed by atoms with Gasteiger partial charge in [0.2, 0.25) is 5.13 Å². The summed E-state index contributed by atoms with van der Waals surface area (Å²) in [6.45, 7) is 4.57. The predicted octanol–water partition coefficient (Wildman–Crippen LogP) is 3.00. The number of benzene rings is 1. The standard InChI is InChI=1S/C20H22N4O3S/c1-2-14-3-5-15(6-4-14)17-7-8-18(27-17)19(25)21-11-16-12-24(9-10-26-16)20-23-22-13-28-20/h3-8,13,16H,2,9-12H2,1H3,(H,21,25)/t16-/m1/s1. The molecule has 1 amide bonds. The summed E-state index contributed by atoms with van der Waals surface area (Å²) in [6.07, 6.45) is 0.892. The highest BCUT2D eigenvalue weighted by Crippen LogP contribution is 2.23. The van der Waals surface area contributed by atoms with E-state index in [0.717, 1.165) is 23.7 Å². The van der Waals surface area contributed by atoms with Gasteiger partial charge < -0.3 is 19.4 Å². The van der Waals surface area contributed by atoms with Crippen molar-refractivity contribution in [2.24, 2.45) is 0 Å². The van der Waals surface area contributed by atoms with Gasteiger partial charge in [0, 0.05) is 25.2 Å². The second-order valence-corrected chi connectivity index (χ2v) is 7.40. The zero-order chi connectivity index (χ0) is 19.3. The molecule has 7 nitrogen and oxygen atoms in total. The fraction of sp³-hybridized carbons (Fsp3) is 0.350. The average molecular weight is 398 g/mol. The molecule has 3 aromatic rings. The number of carbonyl (C=O) groups excluding carboxylic acids is 1. The van der Waals surface area contributed by atoms with E-state index in [2.05, 4.69) is 39.5 Å². The molecular weight excluding hydrogens is 376 g/mol. The van der Waals surface area contributed by atoms with Crippen LogP contribution in [-0.4, -0.2) is 48.4 Å². The zero-order valence-electron chi connectivity index (χ0n) is 15.6. The van der Waals surface area contributed by atoms with Crippen molar-refractivity contribution in [3.05, 3.63) is 53.2 Å². The third-order valence-electron chi connectivity index (χ3n) is 4.72. The minimum atomic E-state index is -0.243. The van der Waals surface area contributed by atoms with Crippen LogP contribution in [0, 0.1) is 0 Å². The summed E-state index contributed by atoms with van der Waals surface area (Å²) in [6, 6.07) is 11.7. The van der Waals surface area contributed by atoms with Gasteiger partial charge in [-0.3, -0.25) is 4.79 Å². The van der Waals surface area contributed by atoms with Crippen LogP contribution in [0.3, 0.4) is 0 Å². The Labute approximate surface area is 167 Å². The summed E-state index contributed by atoms with van der Waals surface area (Å²) < 4.78 is 11.5. The maximum Gasteiger partial charge on any atom is 0.287 e. The lowest BCUT2D eigenvalue weighted by Crippen LogP contribution is -2.47. The molecule has 1 aliphatic rings. The number of morpholine rings is 1. The SMILES string of the molecule is CCc1ccc(-c2ccc(C(=O)NC[C@@H]3CN(c4nncs4)CCO3)o2)cc1. The Morgan fingerprint density at radius 1 is 1.29 bits per heavy atom. The van der Waals surface area contributed by atoms with Crippen molar-refractivity contribution in [1.29, 1.82) is 0 Å². The van der Waals surface area contributed by atoms with Gasteiger partial charge >= 0.3 is 0 Å². The van der Waals surface area contributed by atoms with E-state index in [1.165, 1.54) is 16.9 Å². The first-order valence-electron chi connectivity index (χ1n) is 9.33. The third-order valence-corrected chi connectivity index (χ3v) is 5.47. The van der Waals surface area contributed by atoms with Crippen LogP contribution in [0.25, 0.3) is 11.3 Å². The number of carbonyl (C=O) groups is 1. The molecule has 4 rings (SSSR count). The van der Waals surface area contributed by atoms with Gasteiger partial charge in [0.05, 0.1) is 12.7 Å². The third kappa shape index (κ3) is 4.23. The molecule has 0 unspecified atom stereocenters. The summed E-state index contributed by atoms with van der Waals surface area (Å²) in [4.78, 5) is 14.6. The molecule has 1 saturated heterocycles.